The van der Waals surface area contributed by atoms with E-state index in [9.17, 15) is 9.50 Å². The van der Waals surface area contributed by atoms with E-state index >= 15 is 0 Å². The molecule has 0 saturated carbocycles. The molecule has 1 aliphatic rings. The summed E-state index contributed by atoms with van der Waals surface area (Å²) in [4.78, 5) is 0. The zero-order valence-electron chi connectivity index (χ0n) is 16.7. The van der Waals surface area contributed by atoms with E-state index in [-0.39, 0.29) is 19.2 Å². The van der Waals surface area contributed by atoms with Crippen LogP contribution in [0, 0.1) is 5.82 Å². The molecule has 7 nitrogen and oxygen atoms in total. The molecule has 1 atom stereocenters. The van der Waals surface area contributed by atoms with Gasteiger partial charge in [-0.1, -0.05) is 23.9 Å². The summed E-state index contributed by atoms with van der Waals surface area (Å²) >= 11 is 1.38. The molecule has 0 aliphatic carbocycles. The number of nitrogens with zero attached hydrogens (tertiary/aromatic N) is 3. The number of thioether (sulfide) groups is 1. The summed E-state index contributed by atoms with van der Waals surface area (Å²) in [6.45, 7) is 5.05. The van der Waals surface area contributed by atoms with Crippen LogP contribution in [0.4, 0.5) is 4.39 Å². The number of fused-ring (bicyclic) bond motifs is 1. The van der Waals surface area contributed by atoms with Crippen molar-refractivity contribution in [2.24, 2.45) is 0 Å². The Balaban J connectivity index is 1.31. The molecular weight excluding hydrogens is 421 g/mol. The number of halogens is 1. The lowest BCUT2D eigenvalue weighted by Gasteiger charge is -2.12. The molecule has 162 valence electrons. The number of hydrogen-bond donors (Lipinski definition) is 1. The lowest BCUT2D eigenvalue weighted by Crippen LogP contribution is -2.18. The van der Waals surface area contributed by atoms with Crippen LogP contribution in [0.15, 0.2) is 60.3 Å². The first-order valence-corrected chi connectivity index (χ1v) is 10.7. The van der Waals surface area contributed by atoms with Crippen molar-refractivity contribution in [1.82, 2.24) is 14.8 Å². The van der Waals surface area contributed by atoms with Gasteiger partial charge in [0.1, 0.15) is 5.82 Å². The number of allylic oxidation sites excluding steroid dienone is 1. The van der Waals surface area contributed by atoms with E-state index in [2.05, 4.69) is 16.8 Å². The Morgan fingerprint density at radius 3 is 2.81 bits per heavy atom. The van der Waals surface area contributed by atoms with Crippen molar-refractivity contribution < 1.29 is 23.7 Å². The van der Waals surface area contributed by atoms with Gasteiger partial charge < -0.3 is 19.3 Å². The standard InChI is InChI=1S/C22H22FN3O4S/c1-2-9-26-21(16-4-6-17(23)7-5-16)24-25-22(26)31-13-18(27)12-28-11-15-3-8-19-20(10-15)30-14-29-19/h2-8,10,18,27H,1,9,11-14H2/t18-/m0/s1. The fourth-order valence-corrected chi connectivity index (χ4v) is 3.92. The Bertz CT molecular complexity index is 1040. The average Bonchev–Trinajstić information content (AvgIpc) is 3.40. The van der Waals surface area contributed by atoms with Crippen molar-refractivity contribution in [3.8, 4) is 22.9 Å². The first-order valence-electron chi connectivity index (χ1n) is 9.71. The minimum atomic E-state index is -0.679. The number of aliphatic hydroxyl groups is 1. The van der Waals surface area contributed by atoms with Gasteiger partial charge in [0.25, 0.3) is 0 Å². The van der Waals surface area contributed by atoms with Gasteiger partial charge >= 0.3 is 0 Å². The predicted octanol–water partition coefficient (Wildman–Crippen LogP) is 3.67. The van der Waals surface area contributed by atoms with Crippen LogP contribution in [-0.4, -0.2) is 45.1 Å². The van der Waals surface area contributed by atoms with Gasteiger partial charge in [-0.25, -0.2) is 4.39 Å². The first kappa shape index (κ1) is 21.4. The third kappa shape index (κ3) is 5.25. The van der Waals surface area contributed by atoms with E-state index in [1.807, 2.05) is 22.8 Å². The summed E-state index contributed by atoms with van der Waals surface area (Å²) in [5.41, 5.74) is 1.70. The van der Waals surface area contributed by atoms with Crippen LogP contribution in [0.3, 0.4) is 0 Å². The Labute approximate surface area is 183 Å². The molecule has 2 aromatic carbocycles. The van der Waals surface area contributed by atoms with Gasteiger partial charge in [-0.3, -0.25) is 4.57 Å². The van der Waals surface area contributed by atoms with E-state index in [1.54, 1.807) is 18.2 Å². The van der Waals surface area contributed by atoms with Gasteiger partial charge in [-0.15, -0.1) is 16.8 Å². The monoisotopic (exact) mass is 443 g/mol. The third-order valence-electron chi connectivity index (χ3n) is 4.55. The van der Waals surface area contributed by atoms with Gasteiger partial charge in [-0.05, 0) is 42.0 Å². The number of hydrogen-bond acceptors (Lipinski definition) is 7. The molecule has 1 aliphatic heterocycles. The highest BCUT2D eigenvalue weighted by molar-refractivity contribution is 7.99. The van der Waals surface area contributed by atoms with Crippen LogP contribution in [-0.2, 0) is 17.9 Å². The smallest absolute Gasteiger partial charge is 0.231 e. The molecule has 0 radical (unpaired) electrons. The highest BCUT2D eigenvalue weighted by atomic mass is 32.2. The normalized spacial score (nSPS) is 13.4. The second kappa shape index (κ2) is 9.95. The maximum Gasteiger partial charge on any atom is 0.231 e. The van der Waals surface area contributed by atoms with Crippen LogP contribution in [0.1, 0.15) is 5.56 Å². The summed E-state index contributed by atoms with van der Waals surface area (Å²) in [5.74, 6) is 2.13. The Kier molecular flexibility index (Phi) is 6.86. The quantitative estimate of drug-likeness (QED) is 0.378. The highest BCUT2D eigenvalue weighted by Gasteiger charge is 2.16. The average molecular weight is 444 g/mol. The Morgan fingerprint density at radius 1 is 1.19 bits per heavy atom. The van der Waals surface area contributed by atoms with Gasteiger partial charge in [0, 0.05) is 17.9 Å². The largest absolute Gasteiger partial charge is 0.454 e. The van der Waals surface area contributed by atoms with Crippen LogP contribution >= 0.6 is 11.8 Å². The molecule has 1 aromatic heterocycles. The number of ether oxygens (including phenoxy) is 3. The first-order chi connectivity index (χ1) is 15.1. The number of rotatable bonds is 10. The second-order valence-corrected chi connectivity index (χ2v) is 7.87. The topological polar surface area (TPSA) is 78.6 Å². The molecule has 9 heteroatoms. The van der Waals surface area contributed by atoms with Crippen LogP contribution in [0.5, 0.6) is 11.5 Å². The molecule has 0 saturated heterocycles. The SMILES string of the molecule is C=CCn1c(SC[C@@H](O)COCc2ccc3c(c2)OCO3)nnc1-c1ccc(F)cc1. The van der Waals surface area contributed by atoms with Crippen molar-refractivity contribution in [3.05, 3.63) is 66.5 Å². The zero-order chi connectivity index (χ0) is 21.6. The maximum atomic E-state index is 13.2. The van der Waals surface area contributed by atoms with Gasteiger partial charge in [0.2, 0.25) is 6.79 Å². The molecule has 0 bridgehead atoms. The van der Waals surface area contributed by atoms with E-state index < -0.39 is 6.10 Å². The van der Waals surface area contributed by atoms with E-state index in [1.165, 1.54) is 23.9 Å². The van der Waals surface area contributed by atoms with Gasteiger partial charge in [0.05, 0.1) is 19.3 Å². The number of benzene rings is 2. The van der Waals surface area contributed by atoms with Crippen LogP contribution in [0.25, 0.3) is 11.4 Å². The van der Waals surface area contributed by atoms with Crippen LogP contribution in [0.2, 0.25) is 0 Å². The number of aromatic nitrogens is 3. The van der Waals surface area contributed by atoms with E-state index in [0.29, 0.717) is 35.6 Å². The lowest BCUT2D eigenvalue weighted by atomic mass is 10.2. The van der Waals surface area contributed by atoms with Crippen molar-refractivity contribution in [2.45, 2.75) is 24.4 Å². The molecule has 2 heterocycles. The second-order valence-electron chi connectivity index (χ2n) is 6.88. The highest BCUT2D eigenvalue weighted by Crippen LogP contribution is 2.32. The molecule has 4 rings (SSSR count). The van der Waals surface area contributed by atoms with Gasteiger partial charge in [0.15, 0.2) is 22.5 Å². The van der Waals surface area contributed by atoms with Crippen molar-refractivity contribution in [1.29, 1.82) is 0 Å². The van der Waals surface area contributed by atoms with E-state index in [0.717, 1.165) is 16.9 Å². The summed E-state index contributed by atoms with van der Waals surface area (Å²) in [6.07, 6.45) is 1.06. The Morgan fingerprint density at radius 2 is 2.00 bits per heavy atom. The summed E-state index contributed by atoms with van der Waals surface area (Å²) < 4.78 is 31.4. The predicted molar refractivity (Wildman–Crippen MR) is 115 cm³/mol. The lowest BCUT2D eigenvalue weighted by molar-refractivity contribution is 0.0397. The fraction of sp³-hybridized carbons (Fsp3) is 0.273. The summed E-state index contributed by atoms with van der Waals surface area (Å²) in [6, 6.07) is 11.7. The minimum absolute atomic E-state index is 0.182. The molecule has 0 amide bonds. The minimum Gasteiger partial charge on any atom is -0.454 e. The van der Waals surface area contributed by atoms with Crippen molar-refractivity contribution in [2.75, 3.05) is 19.2 Å². The molecule has 0 unspecified atom stereocenters. The molecule has 31 heavy (non-hydrogen) atoms. The van der Waals surface area contributed by atoms with E-state index in [4.69, 9.17) is 14.2 Å². The van der Waals surface area contributed by atoms with Gasteiger partial charge in [-0.2, -0.15) is 0 Å². The molecular formula is C22H22FN3O4S. The van der Waals surface area contributed by atoms with Crippen molar-refractivity contribution >= 4 is 11.8 Å². The van der Waals surface area contributed by atoms with Crippen LogP contribution < -0.4 is 9.47 Å². The number of aliphatic hydroxyl groups excluding tert-OH is 1. The molecule has 1 N–H and O–H groups in total. The third-order valence-corrected chi connectivity index (χ3v) is 5.66. The summed E-state index contributed by atoms with van der Waals surface area (Å²) in [7, 11) is 0. The Hall–Kier alpha value is -2.88. The zero-order valence-corrected chi connectivity index (χ0v) is 17.6. The molecule has 0 spiro atoms. The molecule has 0 fully saturated rings. The molecule has 3 aromatic rings. The maximum absolute atomic E-state index is 13.2. The fourth-order valence-electron chi connectivity index (χ4n) is 3.06. The van der Waals surface area contributed by atoms with Crippen molar-refractivity contribution in [3.63, 3.8) is 0 Å². The summed E-state index contributed by atoms with van der Waals surface area (Å²) in [5, 5.41) is 19.4.